The molecular formula is C23H30IN5. The zero-order valence-corrected chi connectivity index (χ0v) is 19.3. The minimum atomic E-state index is 0. The van der Waals surface area contributed by atoms with Crippen LogP contribution in [-0.4, -0.2) is 36.0 Å². The van der Waals surface area contributed by atoms with Crippen LogP contribution < -0.4 is 10.6 Å². The molecule has 1 fully saturated rings. The number of hydrogen-bond acceptors (Lipinski definition) is 2. The molecule has 1 aliphatic rings. The van der Waals surface area contributed by atoms with Crippen LogP contribution in [0.5, 0.6) is 0 Å². The van der Waals surface area contributed by atoms with Crippen molar-refractivity contribution in [1.82, 2.24) is 20.5 Å². The van der Waals surface area contributed by atoms with Crippen molar-refractivity contribution in [3.05, 3.63) is 71.4 Å². The van der Waals surface area contributed by atoms with Crippen molar-refractivity contribution in [3.63, 3.8) is 0 Å². The van der Waals surface area contributed by atoms with E-state index in [-0.39, 0.29) is 24.0 Å². The molecule has 0 unspecified atom stereocenters. The summed E-state index contributed by atoms with van der Waals surface area (Å²) < 4.78 is 0. The molecule has 0 radical (unpaired) electrons. The quantitative estimate of drug-likeness (QED) is 0.268. The minimum Gasteiger partial charge on any atom is -0.357 e. The lowest BCUT2D eigenvalue weighted by atomic mass is 10.1. The van der Waals surface area contributed by atoms with E-state index >= 15 is 0 Å². The van der Waals surface area contributed by atoms with Crippen molar-refractivity contribution in [2.75, 3.05) is 20.1 Å². The summed E-state index contributed by atoms with van der Waals surface area (Å²) in [5, 5.41) is 8.01. The van der Waals surface area contributed by atoms with Gasteiger partial charge in [0.15, 0.2) is 5.96 Å². The molecule has 1 aliphatic heterocycles. The fraction of sp³-hybridized carbons (Fsp3) is 0.348. The third-order valence-corrected chi connectivity index (χ3v) is 5.34. The zero-order chi connectivity index (χ0) is 19.2. The zero-order valence-electron chi connectivity index (χ0n) is 16.9. The van der Waals surface area contributed by atoms with Gasteiger partial charge in [0, 0.05) is 31.3 Å². The van der Waals surface area contributed by atoms with Gasteiger partial charge in [-0.2, -0.15) is 0 Å². The van der Waals surface area contributed by atoms with Crippen molar-refractivity contribution in [1.29, 1.82) is 0 Å². The van der Waals surface area contributed by atoms with Gasteiger partial charge in [-0.15, -0.1) is 24.0 Å². The first-order chi connectivity index (χ1) is 13.8. The largest absolute Gasteiger partial charge is 0.357 e. The van der Waals surface area contributed by atoms with Crippen molar-refractivity contribution >= 4 is 40.8 Å². The van der Waals surface area contributed by atoms with E-state index in [1.807, 2.05) is 6.07 Å². The second kappa shape index (κ2) is 10.6. The van der Waals surface area contributed by atoms with Gasteiger partial charge in [0.25, 0.3) is 0 Å². The molecular weight excluding hydrogens is 473 g/mol. The molecule has 0 aliphatic carbocycles. The average molecular weight is 503 g/mol. The summed E-state index contributed by atoms with van der Waals surface area (Å²) in [6.07, 6.45) is 2.68. The van der Waals surface area contributed by atoms with Gasteiger partial charge in [0.2, 0.25) is 0 Å². The summed E-state index contributed by atoms with van der Waals surface area (Å²) in [5.74, 6) is 0.805. The maximum Gasteiger partial charge on any atom is 0.191 e. The first-order valence-corrected chi connectivity index (χ1v) is 10.1. The number of nitrogens with zero attached hydrogens (tertiary/aromatic N) is 2. The van der Waals surface area contributed by atoms with Crippen LogP contribution in [0.2, 0.25) is 0 Å². The smallest absolute Gasteiger partial charge is 0.191 e. The van der Waals surface area contributed by atoms with E-state index in [1.54, 1.807) is 7.05 Å². The Balaban J connectivity index is 0.00000240. The molecule has 0 saturated carbocycles. The first-order valence-electron chi connectivity index (χ1n) is 10.1. The van der Waals surface area contributed by atoms with E-state index in [1.165, 1.54) is 42.4 Å². The molecule has 3 N–H and O–H groups in total. The molecule has 154 valence electrons. The fourth-order valence-corrected chi connectivity index (χ4v) is 3.78. The van der Waals surface area contributed by atoms with Gasteiger partial charge in [-0.3, -0.25) is 9.89 Å². The molecule has 2 heterocycles. The molecule has 1 saturated heterocycles. The Hall–Kier alpha value is -2.06. The number of halogens is 1. The van der Waals surface area contributed by atoms with Gasteiger partial charge in [0.05, 0.1) is 6.54 Å². The predicted molar refractivity (Wildman–Crippen MR) is 132 cm³/mol. The van der Waals surface area contributed by atoms with Crippen molar-refractivity contribution in [2.45, 2.75) is 32.5 Å². The summed E-state index contributed by atoms with van der Waals surface area (Å²) in [6, 6.07) is 19.4. The number of para-hydroxylation sites is 1. The molecule has 29 heavy (non-hydrogen) atoms. The number of aromatic amines is 1. The summed E-state index contributed by atoms with van der Waals surface area (Å²) >= 11 is 0. The highest BCUT2D eigenvalue weighted by Gasteiger charge is 2.11. The van der Waals surface area contributed by atoms with Crippen LogP contribution in [0.4, 0.5) is 0 Å². The lowest BCUT2D eigenvalue weighted by molar-refractivity contribution is 0.331. The van der Waals surface area contributed by atoms with E-state index in [9.17, 15) is 0 Å². The molecule has 4 rings (SSSR count). The Kier molecular flexibility index (Phi) is 7.94. The Morgan fingerprint density at radius 1 is 0.966 bits per heavy atom. The highest BCUT2D eigenvalue weighted by Crippen LogP contribution is 2.15. The van der Waals surface area contributed by atoms with E-state index < -0.39 is 0 Å². The third kappa shape index (κ3) is 5.96. The molecule has 0 bridgehead atoms. The Labute approximate surface area is 190 Å². The number of likely N-dealkylation sites (tertiary alicyclic amines) is 1. The average Bonchev–Trinajstić information content (AvgIpc) is 3.38. The van der Waals surface area contributed by atoms with Crippen LogP contribution in [-0.2, 0) is 19.6 Å². The molecule has 1 aromatic heterocycles. The van der Waals surface area contributed by atoms with Crippen LogP contribution in [0, 0.1) is 0 Å². The summed E-state index contributed by atoms with van der Waals surface area (Å²) in [4.78, 5) is 10.3. The highest BCUT2D eigenvalue weighted by molar-refractivity contribution is 14.0. The number of H-pyrrole nitrogens is 1. The number of rotatable bonds is 6. The molecule has 0 spiro atoms. The maximum absolute atomic E-state index is 4.33. The SMILES string of the molecule is CN=C(NCc1ccc(CN2CCCC2)cc1)NCc1cc2ccccc2[nH]1.I. The van der Waals surface area contributed by atoms with Crippen LogP contribution in [0.3, 0.4) is 0 Å². The van der Waals surface area contributed by atoms with Crippen molar-refractivity contribution < 1.29 is 0 Å². The van der Waals surface area contributed by atoms with E-state index in [0.29, 0.717) is 6.54 Å². The lowest BCUT2D eigenvalue weighted by Gasteiger charge is -2.15. The van der Waals surface area contributed by atoms with E-state index in [0.717, 1.165) is 30.3 Å². The molecule has 5 nitrogen and oxygen atoms in total. The summed E-state index contributed by atoms with van der Waals surface area (Å²) in [6.45, 7) is 5.02. The van der Waals surface area contributed by atoms with Crippen LogP contribution >= 0.6 is 24.0 Å². The van der Waals surface area contributed by atoms with Crippen LogP contribution in [0.15, 0.2) is 59.6 Å². The lowest BCUT2D eigenvalue weighted by Crippen LogP contribution is -2.36. The Morgan fingerprint density at radius 3 is 2.38 bits per heavy atom. The van der Waals surface area contributed by atoms with Gasteiger partial charge in [-0.25, -0.2) is 0 Å². The fourth-order valence-electron chi connectivity index (χ4n) is 3.78. The van der Waals surface area contributed by atoms with Gasteiger partial charge in [0.1, 0.15) is 0 Å². The van der Waals surface area contributed by atoms with Gasteiger partial charge in [-0.05, 0) is 54.6 Å². The van der Waals surface area contributed by atoms with Gasteiger partial charge < -0.3 is 15.6 Å². The van der Waals surface area contributed by atoms with E-state index in [2.05, 4.69) is 74.0 Å². The molecule has 0 amide bonds. The number of nitrogens with one attached hydrogen (secondary N) is 3. The maximum atomic E-state index is 4.33. The number of benzene rings is 2. The number of guanidine groups is 1. The molecule has 3 aromatic rings. The van der Waals surface area contributed by atoms with Crippen LogP contribution in [0.25, 0.3) is 10.9 Å². The number of aliphatic imine (C=N–C) groups is 1. The Morgan fingerprint density at radius 2 is 1.66 bits per heavy atom. The van der Waals surface area contributed by atoms with Crippen LogP contribution in [0.1, 0.15) is 29.7 Å². The Bertz CT molecular complexity index is 893. The second-order valence-corrected chi connectivity index (χ2v) is 7.46. The monoisotopic (exact) mass is 503 g/mol. The number of aromatic nitrogens is 1. The van der Waals surface area contributed by atoms with Crippen molar-refractivity contribution in [2.24, 2.45) is 4.99 Å². The third-order valence-electron chi connectivity index (χ3n) is 5.34. The standard InChI is InChI=1S/C23H29N5.HI/c1-24-23(26-16-21-14-20-6-2-3-7-22(20)27-21)25-15-18-8-10-19(11-9-18)17-28-12-4-5-13-28;/h2-3,6-11,14,27H,4-5,12-13,15-17H2,1H3,(H2,24,25,26);1H. The molecule has 2 aromatic carbocycles. The summed E-state index contributed by atoms with van der Waals surface area (Å²) in [7, 11) is 1.81. The molecule has 0 atom stereocenters. The number of hydrogen-bond donors (Lipinski definition) is 3. The molecule has 6 heteroatoms. The normalized spacial score (nSPS) is 14.7. The highest BCUT2D eigenvalue weighted by atomic mass is 127. The number of fused-ring (bicyclic) bond motifs is 1. The first kappa shape index (κ1) is 21.6. The minimum absolute atomic E-state index is 0. The van der Waals surface area contributed by atoms with Gasteiger partial charge in [-0.1, -0.05) is 42.5 Å². The predicted octanol–water partition coefficient (Wildman–Crippen LogP) is 4.25. The topological polar surface area (TPSA) is 55.5 Å². The summed E-state index contributed by atoms with van der Waals surface area (Å²) in [5.41, 5.74) is 4.97. The van der Waals surface area contributed by atoms with E-state index in [4.69, 9.17) is 0 Å². The second-order valence-electron chi connectivity index (χ2n) is 7.46. The van der Waals surface area contributed by atoms with Crippen molar-refractivity contribution in [3.8, 4) is 0 Å². The van der Waals surface area contributed by atoms with Gasteiger partial charge >= 0.3 is 0 Å².